The summed E-state index contributed by atoms with van der Waals surface area (Å²) in [6, 6.07) is 7.43. The van der Waals surface area contributed by atoms with E-state index < -0.39 is 5.41 Å². The van der Waals surface area contributed by atoms with Crippen molar-refractivity contribution < 1.29 is 14.3 Å². The van der Waals surface area contributed by atoms with Gasteiger partial charge in [-0.1, -0.05) is 19.1 Å². The third-order valence-corrected chi connectivity index (χ3v) is 3.35. The molecule has 0 fully saturated rings. The zero-order chi connectivity index (χ0) is 13.8. The molecule has 1 aromatic carbocycles. The van der Waals surface area contributed by atoms with Crippen molar-refractivity contribution in [2.45, 2.75) is 40.2 Å². The average molecular weight is 250 g/mol. The monoisotopic (exact) mass is 250 g/mol. The minimum atomic E-state index is -0.446. The summed E-state index contributed by atoms with van der Waals surface area (Å²) in [5.41, 5.74) is 0.616. The summed E-state index contributed by atoms with van der Waals surface area (Å²) in [7, 11) is 1.67. The first-order chi connectivity index (χ1) is 8.40. The smallest absolute Gasteiger partial charge is 0.316 e. The van der Waals surface area contributed by atoms with Crippen LogP contribution in [0.25, 0.3) is 0 Å². The highest BCUT2D eigenvalue weighted by Crippen LogP contribution is 2.25. The minimum Gasteiger partial charge on any atom is -0.426 e. The molecular formula is C15H22O3. The molecule has 0 bridgehead atoms. The van der Waals surface area contributed by atoms with Gasteiger partial charge >= 0.3 is 5.97 Å². The van der Waals surface area contributed by atoms with Gasteiger partial charge in [0.1, 0.15) is 5.75 Å². The van der Waals surface area contributed by atoms with E-state index in [-0.39, 0.29) is 12.1 Å². The van der Waals surface area contributed by atoms with Crippen LogP contribution in [0.5, 0.6) is 5.75 Å². The van der Waals surface area contributed by atoms with E-state index in [0.29, 0.717) is 5.75 Å². The predicted molar refractivity (Wildman–Crippen MR) is 71.6 cm³/mol. The van der Waals surface area contributed by atoms with Gasteiger partial charge in [-0.25, -0.2) is 0 Å². The molecular weight excluding hydrogens is 228 g/mol. The zero-order valence-electron chi connectivity index (χ0n) is 11.8. The lowest BCUT2D eigenvalue weighted by atomic mass is 9.91. The molecule has 0 amide bonds. The number of hydrogen-bond donors (Lipinski definition) is 0. The van der Waals surface area contributed by atoms with Gasteiger partial charge < -0.3 is 9.47 Å². The zero-order valence-corrected chi connectivity index (χ0v) is 11.8. The highest BCUT2D eigenvalue weighted by atomic mass is 16.5. The molecule has 0 saturated heterocycles. The molecule has 0 heterocycles. The first kappa shape index (κ1) is 14.7. The van der Waals surface area contributed by atoms with Crippen molar-refractivity contribution in [3.63, 3.8) is 0 Å². The molecule has 1 rings (SSSR count). The van der Waals surface area contributed by atoms with Gasteiger partial charge in [-0.3, -0.25) is 4.79 Å². The van der Waals surface area contributed by atoms with E-state index in [9.17, 15) is 4.79 Å². The van der Waals surface area contributed by atoms with Gasteiger partial charge in [-0.05, 0) is 44.9 Å². The van der Waals surface area contributed by atoms with Crippen molar-refractivity contribution in [1.82, 2.24) is 0 Å². The predicted octanol–water partition coefficient (Wildman–Crippen LogP) is 3.74. The summed E-state index contributed by atoms with van der Waals surface area (Å²) in [5.74, 6) is 0.381. The molecule has 100 valence electrons. The molecule has 1 atom stereocenters. The molecule has 18 heavy (non-hydrogen) atoms. The van der Waals surface area contributed by atoms with Crippen molar-refractivity contribution in [3.05, 3.63) is 29.8 Å². The van der Waals surface area contributed by atoms with E-state index in [1.165, 1.54) is 0 Å². The Morgan fingerprint density at radius 3 is 2.28 bits per heavy atom. The molecule has 0 aliphatic carbocycles. The summed E-state index contributed by atoms with van der Waals surface area (Å²) in [6.07, 6.45) is 0.798. The number of carbonyl (C=O) groups is 1. The van der Waals surface area contributed by atoms with Crippen molar-refractivity contribution in [2.75, 3.05) is 7.11 Å². The van der Waals surface area contributed by atoms with Crippen LogP contribution in [0.4, 0.5) is 0 Å². The number of benzene rings is 1. The number of ether oxygens (including phenoxy) is 2. The van der Waals surface area contributed by atoms with Gasteiger partial charge in [0.15, 0.2) is 0 Å². The highest BCUT2D eigenvalue weighted by molar-refractivity contribution is 5.78. The van der Waals surface area contributed by atoms with E-state index in [2.05, 4.69) is 0 Å². The summed E-state index contributed by atoms with van der Waals surface area (Å²) in [5, 5.41) is 0. The van der Waals surface area contributed by atoms with Crippen LogP contribution in [0.3, 0.4) is 0 Å². The molecule has 0 aromatic heterocycles. The van der Waals surface area contributed by atoms with Gasteiger partial charge in [0, 0.05) is 7.11 Å². The molecule has 0 saturated carbocycles. The Morgan fingerprint density at radius 1 is 1.28 bits per heavy atom. The molecule has 0 spiro atoms. The number of methoxy groups -OCH3 is 1. The van der Waals surface area contributed by atoms with Crippen LogP contribution < -0.4 is 4.74 Å². The van der Waals surface area contributed by atoms with E-state index in [0.717, 1.165) is 12.0 Å². The van der Waals surface area contributed by atoms with Crippen LogP contribution >= 0.6 is 0 Å². The van der Waals surface area contributed by atoms with E-state index in [1.54, 1.807) is 19.2 Å². The summed E-state index contributed by atoms with van der Waals surface area (Å²) >= 11 is 0. The lowest BCUT2D eigenvalue weighted by Crippen LogP contribution is -2.28. The summed E-state index contributed by atoms with van der Waals surface area (Å²) in [4.78, 5) is 11.9. The first-order valence-electron chi connectivity index (χ1n) is 6.25. The van der Waals surface area contributed by atoms with Gasteiger partial charge in [-0.2, -0.15) is 0 Å². The third-order valence-electron chi connectivity index (χ3n) is 3.35. The second kappa shape index (κ2) is 6.01. The quantitative estimate of drug-likeness (QED) is 0.590. The Kier molecular flexibility index (Phi) is 4.91. The largest absolute Gasteiger partial charge is 0.426 e. The average Bonchev–Trinajstić information content (AvgIpc) is 2.38. The maximum absolute atomic E-state index is 11.9. The van der Waals surface area contributed by atoms with Crippen molar-refractivity contribution in [3.8, 4) is 5.75 Å². The molecule has 0 radical (unpaired) electrons. The van der Waals surface area contributed by atoms with E-state index in [4.69, 9.17) is 9.47 Å². The molecule has 0 aliphatic rings. The lowest BCUT2D eigenvalue weighted by molar-refractivity contribution is -0.144. The topological polar surface area (TPSA) is 35.5 Å². The highest BCUT2D eigenvalue weighted by Gasteiger charge is 2.27. The van der Waals surface area contributed by atoms with Gasteiger partial charge in [0.05, 0.1) is 11.5 Å². The molecule has 1 unspecified atom stereocenters. The Labute approximate surface area is 109 Å². The van der Waals surface area contributed by atoms with E-state index in [1.807, 2.05) is 39.8 Å². The van der Waals surface area contributed by atoms with Crippen LogP contribution in [0, 0.1) is 5.41 Å². The Balaban J connectivity index is 2.73. The fraction of sp³-hybridized carbons (Fsp3) is 0.533. The van der Waals surface area contributed by atoms with Crippen LogP contribution in [-0.4, -0.2) is 13.1 Å². The molecule has 1 aromatic rings. The van der Waals surface area contributed by atoms with Gasteiger partial charge in [-0.15, -0.1) is 0 Å². The number of esters is 1. The maximum atomic E-state index is 11.9. The number of hydrogen-bond acceptors (Lipinski definition) is 3. The minimum absolute atomic E-state index is 0.0434. The molecule has 3 heteroatoms. The third kappa shape index (κ3) is 3.57. The van der Waals surface area contributed by atoms with Crippen molar-refractivity contribution in [1.29, 1.82) is 0 Å². The normalized spacial score (nSPS) is 13.2. The maximum Gasteiger partial charge on any atom is 0.316 e. The number of rotatable bonds is 5. The molecule has 0 aliphatic heterocycles. The standard InChI is InChI=1S/C15H22O3/c1-6-15(3,4)14(16)18-13-9-7-12(8-10-13)11(2)17-5/h7-11H,6H2,1-5H3. The fourth-order valence-corrected chi connectivity index (χ4v) is 1.33. The Bertz CT molecular complexity index is 393. The van der Waals surface area contributed by atoms with Crippen LogP contribution in [0.1, 0.15) is 45.8 Å². The van der Waals surface area contributed by atoms with Gasteiger partial charge in [0.2, 0.25) is 0 Å². The van der Waals surface area contributed by atoms with Crippen LogP contribution in [-0.2, 0) is 9.53 Å². The van der Waals surface area contributed by atoms with Crippen molar-refractivity contribution >= 4 is 5.97 Å². The first-order valence-corrected chi connectivity index (χ1v) is 6.25. The summed E-state index contributed by atoms with van der Waals surface area (Å²) < 4.78 is 10.6. The SMILES string of the molecule is CCC(C)(C)C(=O)Oc1ccc(C(C)OC)cc1. The second-order valence-corrected chi connectivity index (χ2v) is 5.07. The second-order valence-electron chi connectivity index (χ2n) is 5.07. The fourth-order valence-electron chi connectivity index (χ4n) is 1.33. The van der Waals surface area contributed by atoms with E-state index >= 15 is 0 Å². The summed E-state index contributed by atoms with van der Waals surface area (Å²) in [6.45, 7) is 7.72. The van der Waals surface area contributed by atoms with Crippen molar-refractivity contribution in [2.24, 2.45) is 5.41 Å². The number of carbonyl (C=O) groups excluding carboxylic acids is 1. The lowest BCUT2D eigenvalue weighted by Gasteiger charge is -2.20. The Hall–Kier alpha value is -1.35. The van der Waals surface area contributed by atoms with Crippen LogP contribution in [0.15, 0.2) is 24.3 Å². The molecule has 3 nitrogen and oxygen atoms in total. The molecule has 0 N–H and O–H groups in total. The van der Waals surface area contributed by atoms with Crippen LogP contribution in [0.2, 0.25) is 0 Å². The Morgan fingerprint density at radius 2 is 1.83 bits per heavy atom. The van der Waals surface area contributed by atoms with Gasteiger partial charge in [0.25, 0.3) is 0 Å².